The topological polar surface area (TPSA) is 70.8 Å². The summed E-state index contributed by atoms with van der Waals surface area (Å²) in [7, 11) is 0. The average molecular weight is 599 g/mol. The minimum absolute atomic E-state index is 0.0657. The van der Waals surface area contributed by atoms with Crippen molar-refractivity contribution in [1.82, 2.24) is 5.16 Å². The minimum atomic E-state index is -0.354. The second-order valence-electron chi connectivity index (χ2n) is 9.97. The number of ether oxygens (including phenoxy) is 3. The maximum atomic E-state index is 12.1. The van der Waals surface area contributed by atoms with E-state index in [2.05, 4.69) is 5.16 Å². The Bertz CT molecular complexity index is 1560. The van der Waals surface area contributed by atoms with Crippen LogP contribution in [0.5, 0.6) is 11.5 Å². The molecule has 1 unspecified atom stereocenters. The van der Waals surface area contributed by atoms with Gasteiger partial charge in [0.1, 0.15) is 29.6 Å². The quantitative estimate of drug-likeness (QED) is 0.189. The molecule has 40 heavy (non-hydrogen) atoms. The van der Waals surface area contributed by atoms with E-state index >= 15 is 0 Å². The lowest BCUT2D eigenvalue weighted by atomic mass is 9.90. The number of esters is 1. The van der Waals surface area contributed by atoms with Gasteiger partial charge in [0, 0.05) is 22.4 Å². The number of halogens is 3. The van der Waals surface area contributed by atoms with Crippen LogP contribution in [0.4, 0.5) is 0 Å². The number of aromatic nitrogens is 1. The normalized spacial score (nSPS) is 16.2. The zero-order valence-corrected chi connectivity index (χ0v) is 24.0. The zero-order chi connectivity index (χ0) is 27.8. The molecule has 3 aromatic carbocycles. The summed E-state index contributed by atoms with van der Waals surface area (Å²) >= 11 is 19.7. The molecule has 0 bridgehead atoms. The number of fused-ring (bicyclic) bond motifs is 1. The van der Waals surface area contributed by atoms with Crippen molar-refractivity contribution in [3.8, 4) is 22.8 Å². The molecule has 1 aliphatic carbocycles. The fourth-order valence-corrected chi connectivity index (χ4v) is 5.95. The molecule has 206 valence electrons. The zero-order valence-electron chi connectivity index (χ0n) is 21.7. The second kappa shape index (κ2) is 11.4. The molecule has 0 N–H and O–H groups in total. The standard InChI is InChI=1S/C31H26Cl3NO5/c1-2-37-31(36)19-9-8-18-12-20(15-39-27(18)13-19)22-11-10-21(14-26(22)34)38-16-23-29(35-40-30(23)17-6-7-17)28-24(32)4-3-5-25(28)33/h3-5,8-11,13-14,17,20H,2,6-7,12,15-16H2,1H3. The summed E-state index contributed by atoms with van der Waals surface area (Å²) in [5.41, 5.74) is 4.56. The largest absolute Gasteiger partial charge is 0.493 e. The predicted molar refractivity (Wildman–Crippen MR) is 154 cm³/mol. The van der Waals surface area contributed by atoms with Crippen molar-refractivity contribution in [1.29, 1.82) is 0 Å². The highest BCUT2D eigenvalue weighted by atomic mass is 35.5. The number of carbonyl (C=O) groups excluding carboxylic acids is 1. The molecule has 1 aromatic heterocycles. The van der Waals surface area contributed by atoms with Crippen molar-refractivity contribution >= 4 is 40.8 Å². The molecule has 1 saturated carbocycles. The number of nitrogens with zero attached hydrogens (tertiary/aromatic N) is 1. The lowest BCUT2D eigenvalue weighted by molar-refractivity contribution is 0.0525. The van der Waals surface area contributed by atoms with Gasteiger partial charge >= 0.3 is 5.97 Å². The molecule has 0 amide bonds. The summed E-state index contributed by atoms with van der Waals surface area (Å²) in [4.78, 5) is 12.1. The van der Waals surface area contributed by atoms with Crippen LogP contribution in [-0.4, -0.2) is 24.3 Å². The molecule has 4 aromatic rings. The van der Waals surface area contributed by atoms with E-state index in [4.69, 9.17) is 53.5 Å². The monoisotopic (exact) mass is 597 g/mol. The molecular formula is C31H26Cl3NO5. The number of benzene rings is 3. The summed E-state index contributed by atoms with van der Waals surface area (Å²) in [6.07, 6.45) is 2.84. The van der Waals surface area contributed by atoms with Gasteiger partial charge in [-0.1, -0.05) is 58.2 Å². The molecule has 0 radical (unpaired) electrons. The summed E-state index contributed by atoms with van der Waals surface area (Å²) < 4.78 is 23.1. The summed E-state index contributed by atoms with van der Waals surface area (Å²) in [6, 6.07) is 16.5. The van der Waals surface area contributed by atoms with E-state index in [9.17, 15) is 4.79 Å². The van der Waals surface area contributed by atoms with Gasteiger partial charge in [-0.25, -0.2) is 4.79 Å². The van der Waals surface area contributed by atoms with Crippen molar-refractivity contribution in [2.45, 2.75) is 44.6 Å². The van der Waals surface area contributed by atoms with E-state index in [1.807, 2.05) is 24.3 Å². The van der Waals surface area contributed by atoms with Crippen LogP contribution in [-0.2, 0) is 17.8 Å². The Morgan fingerprint density at radius 1 is 1.00 bits per heavy atom. The SMILES string of the molecule is CCOC(=O)c1ccc2c(c1)OCC(c1ccc(OCc3c(-c4c(Cl)cccc4Cl)noc3C3CC3)cc1Cl)C2. The minimum Gasteiger partial charge on any atom is -0.493 e. The van der Waals surface area contributed by atoms with Gasteiger partial charge in [-0.3, -0.25) is 0 Å². The van der Waals surface area contributed by atoms with E-state index in [1.165, 1.54) is 0 Å². The summed E-state index contributed by atoms with van der Waals surface area (Å²) in [5, 5.41) is 5.93. The Balaban J connectivity index is 1.19. The highest BCUT2D eigenvalue weighted by Crippen LogP contribution is 2.46. The third-order valence-corrected chi connectivity index (χ3v) is 8.20. The first-order valence-electron chi connectivity index (χ1n) is 13.2. The maximum Gasteiger partial charge on any atom is 0.338 e. The van der Waals surface area contributed by atoms with Crippen molar-refractivity contribution in [2.75, 3.05) is 13.2 Å². The Morgan fingerprint density at radius 3 is 2.52 bits per heavy atom. The van der Waals surface area contributed by atoms with Gasteiger partial charge < -0.3 is 18.7 Å². The number of hydrogen-bond acceptors (Lipinski definition) is 6. The molecular weight excluding hydrogens is 573 g/mol. The van der Waals surface area contributed by atoms with E-state index < -0.39 is 0 Å². The molecule has 1 atom stereocenters. The molecule has 1 fully saturated rings. The highest BCUT2D eigenvalue weighted by molar-refractivity contribution is 6.39. The van der Waals surface area contributed by atoms with Crippen LogP contribution in [0.25, 0.3) is 11.3 Å². The van der Waals surface area contributed by atoms with Gasteiger partial charge in [0.25, 0.3) is 0 Å². The molecule has 2 aliphatic rings. The average Bonchev–Trinajstić information content (AvgIpc) is 3.71. The third kappa shape index (κ3) is 5.40. The summed E-state index contributed by atoms with van der Waals surface area (Å²) in [6.45, 7) is 2.80. The van der Waals surface area contributed by atoms with E-state index in [-0.39, 0.29) is 18.5 Å². The van der Waals surface area contributed by atoms with Gasteiger partial charge in [-0.15, -0.1) is 0 Å². The third-order valence-electron chi connectivity index (χ3n) is 7.25. The molecule has 1 aliphatic heterocycles. The van der Waals surface area contributed by atoms with Crippen molar-refractivity contribution in [3.05, 3.63) is 97.7 Å². The van der Waals surface area contributed by atoms with Crippen LogP contribution in [0.1, 0.15) is 64.4 Å². The fraction of sp³-hybridized carbons (Fsp3) is 0.290. The Hall–Kier alpha value is -3.19. The molecule has 2 heterocycles. The van der Waals surface area contributed by atoms with E-state index in [0.29, 0.717) is 62.5 Å². The Labute approximate surface area is 247 Å². The van der Waals surface area contributed by atoms with Gasteiger partial charge in [0.15, 0.2) is 0 Å². The van der Waals surface area contributed by atoms with Crippen LogP contribution in [0.15, 0.2) is 59.1 Å². The van der Waals surface area contributed by atoms with Crippen LogP contribution in [0, 0.1) is 0 Å². The molecule has 0 saturated heterocycles. The van der Waals surface area contributed by atoms with Gasteiger partial charge in [-0.05, 0) is 73.7 Å². The molecule has 6 nitrogen and oxygen atoms in total. The summed E-state index contributed by atoms with van der Waals surface area (Å²) in [5.74, 6) is 2.19. The predicted octanol–water partition coefficient (Wildman–Crippen LogP) is 8.65. The number of rotatable bonds is 8. The fourth-order valence-electron chi connectivity index (χ4n) is 5.05. The highest BCUT2D eigenvalue weighted by Gasteiger charge is 2.34. The second-order valence-corrected chi connectivity index (χ2v) is 11.2. The van der Waals surface area contributed by atoms with Crippen LogP contribution in [0.2, 0.25) is 15.1 Å². The van der Waals surface area contributed by atoms with Gasteiger partial charge in [-0.2, -0.15) is 0 Å². The van der Waals surface area contributed by atoms with Crippen LogP contribution >= 0.6 is 34.8 Å². The lowest BCUT2D eigenvalue weighted by Gasteiger charge is -2.26. The first-order valence-corrected chi connectivity index (χ1v) is 14.3. The number of carbonyl (C=O) groups is 1. The van der Waals surface area contributed by atoms with Crippen molar-refractivity contribution in [2.24, 2.45) is 0 Å². The van der Waals surface area contributed by atoms with E-state index in [1.54, 1.807) is 37.3 Å². The van der Waals surface area contributed by atoms with Crippen LogP contribution < -0.4 is 9.47 Å². The maximum absolute atomic E-state index is 12.1. The van der Waals surface area contributed by atoms with Gasteiger partial charge in [0.05, 0.1) is 34.4 Å². The van der Waals surface area contributed by atoms with Crippen molar-refractivity contribution < 1.29 is 23.5 Å². The Kier molecular flexibility index (Phi) is 7.67. The smallest absolute Gasteiger partial charge is 0.338 e. The van der Waals surface area contributed by atoms with Crippen molar-refractivity contribution in [3.63, 3.8) is 0 Å². The van der Waals surface area contributed by atoms with Gasteiger partial charge in [0.2, 0.25) is 0 Å². The first kappa shape index (κ1) is 27.0. The lowest BCUT2D eigenvalue weighted by Crippen LogP contribution is -2.20. The number of hydrogen-bond donors (Lipinski definition) is 0. The molecule has 9 heteroatoms. The molecule has 6 rings (SSSR count). The molecule has 0 spiro atoms. The Morgan fingerprint density at radius 2 is 1.80 bits per heavy atom. The van der Waals surface area contributed by atoms with Crippen LogP contribution in [0.3, 0.4) is 0 Å². The van der Waals surface area contributed by atoms with E-state index in [0.717, 1.165) is 41.7 Å². The first-order chi connectivity index (χ1) is 19.4.